The third-order valence-electron chi connectivity index (χ3n) is 2.54. The number of rotatable bonds is 3. The molecule has 0 radical (unpaired) electrons. The minimum absolute atomic E-state index is 0.0526. The second-order valence-corrected chi connectivity index (χ2v) is 4.97. The molecule has 5 nitrogen and oxygen atoms in total. The quantitative estimate of drug-likeness (QED) is 0.934. The average molecular weight is 303 g/mol. The number of carbonyl (C=O) groups excluding carboxylic acids is 2. The van der Waals surface area contributed by atoms with Crippen LogP contribution in [0.4, 0.5) is 10.5 Å². The highest BCUT2D eigenvalue weighted by molar-refractivity contribution is 6.35. The molecule has 1 heterocycles. The molecule has 0 bridgehead atoms. The Kier molecular flexibility index (Phi) is 4.50. The molecule has 2 amide bonds. The standard InChI is InChI=1S/C12H12Cl2N2O3/c13-8-4-9(14)6-10(5-8)15-11(17)7-16-2-1-3-19-12(16)18/h4-6H,1-3,7H2,(H,15,17). The van der Waals surface area contributed by atoms with E-state index >= 15 is 0 Å². The van der Waals surface area contributed by atoms with Gasteiger partial charge in [-0.2, -0.15) is 0 Å². The lowest BCUT2D eigenvalue weighted by molar-refractivity contribution is -0.117. The molecular weight excluding hydrogens is 291 g/mol. The average Bonchev–Trinajstić information content (AvgIpc) is 2.30. The van der Waals surface area contributed by atoms with Crippen LogP contribution in [0.5, 0.6) is 0 Å². The fourth-order valence-corrected chi connectivity index (χ4v) is 2.27. The summed E-state index contributed by atoms with van der Waals surface area (Å²) in [5, 5.41) is 3.50. The van der Waals surface area contributed by atoms with Gasteiger partial charge in [-0.3, -0.25) is 9.69 Å². The molecule has 1 fully saturated rings. The first-order valence-corrected chi connectivity index (χ1v) is 6.48. The van der Waals surface area contributed by atoms with Gasteiger partial charge in [-0.25, -0.2) is 4.79 Å². The van der Waals surface area contributed by atoms with Gasteiger partial charge in [0.25, 0.3) is 0 Å². The van der Waals surface area contributed by atoms with Crippen molar-refractivity contribution in [2.75, 3.05) is 25.0 Å². The Morgan fingerprint density at radius 2 is 2.00 bits per heavy atom. The van der Waals surface area contributed by atoms with Crippen molar-refractivity contribution < 1.29 is 14.3 Å². The Hall–Kier alpha value is -1.46. The molecule has 1 N–H and O–H groups in total. The molecule has 1 aromatic rings. The molecule has 0 atom stereocenters. The zero-order valence-electron chi connectivity index (χ0n) is 9.99. The summed E-state index contributed by atoms with van der Waals surface area (Å²) in [4.78, 5) is 24.5. The summed E-state index contributed by atoms with van der Waals surface area (Å²) < 4.78 is 4.84. The lowest BCUT2D eigenvalue weighted by Gasteiger charge is -2.25. The Balaban J connectivity index is 1.95. The van der Waals surface area contributed by atoms with E-state index in [4.69, 9.17) is 27.9 Å². The lowest BCUT2D eigenvalue weighted by atomic mass is 10.3. The Morgan fingerprint density at radius 3 is 2.63 bits per heavy atom. The predicted octanol–water partition coefficient (Wildman–Crippen LogP) is 2.77. The van der Waals surface area contributed by atoms with Crippen molar-refractivity contribution in [1.82, 2.24) is 4.90 Å². The van der Waals surface area contributed by atoms with Gasteiger partial charge in [0, 0.05) is 22.3 Å². The van der Waals surface area contributed by atoms with Gasteiger partial charge in [-0.15, -0.1) is 0 Å². The van der Waals surface area contributed by atoms with Crippen LogP contribution in [-0.2, 0) is 9.53 Å². The molecular formula is C12H12Cl2N2O3. The highest BCUT2D eigenvalue weighted by Crippen LogP contribution is 2.22. The number of ether oxygens (including phenoxy) is 1. The van der Waals surface area contributed by atoms with Gasteiger partial charge in [-0.1, -0.05) is 23.2 Å². The molecule has 0 saturated carbocycles. The van der Waals surface area contributed by atoms with Crippen LogP contribution in [-0.4, -0.2) is 36.6 Å². The van der Waals surface area contributed by atoms with Crippen LogP contribution >= 0.6 is 23.2 Å². The van der Waals surface area contributed by atoms with Gasteiger partial charge >= 0.3 is 6.09 Å². The third-order valence-corrected chi connectivity index (χ3v) is 2.97. The van der Waals surface area contributed by atoms with E-state index in [9.17, 15) is 9.59 Å². The zero-order chi connectivity index (χ0) is 13.8. The second-order valence-electron chi connectivity index (χ2n) is 4.10. The van der Waals surface area contributed by atoms with E-state index in [1.165, 1.54) is 4.90 Å². The predicted molar refractivity (Wildman–Crippen MR) is 72.6 cm³/mol. The van der Waals surface area contributed by atoms with Gasteiger partial charge in [0.15, 0.2) is 0 Å². The highest BCUT2D eigenvalue weighted by Gasteiger charge is 2.21. The fraction of sp³-hybridized carbons (Fsp3) is 0.333. The molecule has 102 valence electrons. The second kappa shape index (κ2) is 6.12. The molecule has 0 spiro atoms. The van der Waals surface area contributed by atoms with E-state index in [-0.39, 0.29) is 12.5 Å². The summed E-state index contributed by atoms with van der Waals surface area (Å²) in [6.07, 6.45) is 0.257. The number of anilines is 1. The summed E-state index contributed by atoms with van der Waals surface area (Å²) in [5.41, 5.74) is 0.493. The van der Waals surface area contributed by atoms with Crippen molar-refractivity contribution in [1.29, 1.82) is 0 Å². The molecule has 1 saturated heterocycles. The molecule has 0 aromatic heterocycles. The molecule has 1 aliphatic heterocycles. The van der Waals surface area contributed by atoms with Crippen LogP contribution in [0.2, 0.25) is 10.0 Å². The fourth-order valence-electron chi connectivity index (χ4n) is 1.74. The lowest BCUT2D eigenvalue weighted by Crippen LogP contribution is -2.42. The topological polar surface area (TPSA) is 58.6 Å². The number of cyclic esters (lactones) is 1. The van der Waals surface area contributed by atoms with E-state index < -0.39 is 6.09 Å². The first-order valence-electron chi connectivity index (χ1n) is 5.72. The van der Waals surface area contributed by atoms with E-state index in [0.717, 1.165) is 6.42 Å². The third kappa shape index (κ3) is 4.01. The molecule has 1 aromatic carbocycles. The van der Waals surface area contributed by atoms with Crippen LogP contribution in [0.1, 0.15) is 6.42 Å². The normalized spacial score (nSPS) is 15.1. The minimum Gasteiger partial charge on any atom is -0.449 e. The van der Waals surface area contributed by atoms with Gasteiger partial charge in [0.1, 0.15) is 6.54 Å². The molecule has 1 aliphatic rings. The summed E-state index contributed by atoms with van der Waals surface area (Å²) in [6.45, 7) is 0.867. The largest absolute Gasteiger partial charge is 0.449 e. The van der Waals surface area contributed by atoms with Crippen LogP contribution in [0.3, 0.4) is 0 Å². The molecule has 7 heteroatoms. The molecule has 0 aliphatic carbocycles. The number of nitrogens with zero attached hydrogens (tertiary/aromatic N) is 1. The number of carbonyl (C=O) groups is 2. The van der Waals surface area contributed by atoms with Gasteiger partial charge in [0.05, 0.1) is 6.61 Å². The number of hydrogen-bond acceptors (Lipinski definition) is 3. The Morgan fingerprint density at radius 1 is 1.32 bits per heavy atom. The molecule has 2 rings (SSSR count). The SMILES string of the molecule is O=C(CN1CCCOC1=O)Nc1cc(Cl)cc(Cl)c1. The number of hydrogen-bond donors (Lipinski definition) is 1. The van der Waals surface area contributed by atoms with Crippen molar-refractivity contribution in [3.63, 3.8) is 0 Å². The van der Waals surface area contributed by atoms with Gasteiger partial charge < -0.3 is 10.1 Å². The maximum atomic E-state index is 11.8. The first kappa shape index (κ1) is 14.0. The first-order chi connectivity index (χ1) is 9.04. The van der Waals surface area contributed by atoms with Crippen LogP contribution < -0.4 is 5.32 Å². The maximum absolute atomic E-state index is 11.8. The van der Waals surface area contributed by atoms with E-state index in [1.54, 1.807) is 18.2 Å². The van der Waals surface area contributed by atoms with E-state index in [1.807, 2.05) is 0 Å². The van der Waals surface area contributed by atoms with Gasteiger partial charge in [0.2, 0.25) is 5.91 Å². The van der Waals surface area contributed by atoms with E-state index in [2.05, 4.69) is 5.32 Å². The van der Waals surface area contributed by atoms with E-state index in [0.29, 0.717) is 28.9 Å². The molecule has 19 heavy (non-hydrogen) atoms. The minimum atomic E-state index is -0.467. The number of halogens is 2. The summed E-state index contributed by atoms with van der Waals surface area (Å²) in [6, 6.07) is 4.74. The van der Waals surface area contributed by atoms with Crippen molar-refractivity contribution in [3.05, 3.63) is 28.2 Å². The molecule has 0 unspecified atom stereocenters. The maximum Gasteiger partial charge on any atom is 0.410 e. The summed E-state index contributed by atoms with van der Waals surface area (Å²) >= 11 is 11.7. The smallest absolute Gasteiger partial charge is 0.410 e. The number of nitrogens with one attached hydrogen (secondary N) is 1. The Bertz CT molecular complexity index is 487. The van der Waals surface area contributed by atoms with Crippen molar-refractivity contribution in [3.8, 4) is 0 Å². The zero-order valence-corrected chi connectivity index (χ0v) is 11.5. The number of benzene rings is 1. The van der Waals surface area contributed by atoms with Crippen LogP contribution in [0, 0.1) is 0 Å². The summed E-state index contributed by atoms with van der Waals surface area (Å²) in [7, 11) is 0. The van der Waals surface area contributed by atoms with Crippen molar-refractivity contribution in [2.24, 2.45) is 0 Å². The summed E-state index contributed by atoms with van der Waals surface area (Å²) in [5.74, 6) is -0.322. The number of amides is 2. The van der Waals surface area contributed by atoms with Gasteiger partial charge in [-0.05, 0) is 24.6 Å². The Labute approximate surface area is 120 Å². The van der Waals surface area contributed by atoms with Crippen LogP contribution in [0.15, 0.2) is 18.2 Å². The van der Waals surface area contributed by atoms with Crippen LogP contribution in [0.25, 0.3) is 0 Å². The highest BCUT2D eigenvalue weighted by atomic mass is 35.5. The monoisotopic (exact) mass is 302 g/mol. The van der Waals surface area contributed by atoms with Crippen molar-refractivity contribution in [2.45, 2.75) is 6.42 Å². The van der Waals surface area contributed by atoms with Crippen molar-refractivity contribution >= 4 is 40.9 Å².